The first kappa shape index (κ1) is 22.9. The Morgan fingerprint density at radius 1 is 1.07 bits per heavy atom. The summed E-state index contributed by atoms with van der Waals surface area (Å²) in [6, 6.07) is 12.7. The molecule has 160 valence electrons. The summed E-state index contributed by atoms with van der Waals surface area (Å²) in [7, 11) is 0. The molecule has 0 radical (unpaired) electrons. The van der Waals surface area contributed by atoms with Crippen molar-refractivity contribution in [3.8, 4) is 10.4 Å². The van der Waals surface area contributed by atoms with Gasteiger partial charge in [0.25, 0.3) is 0 Å². The van der Waals surface area contributed by atoms with Gasteiger partial charge in [0.05, 0.1) is 4.88 Å². The number of pyridine rings is 1. The summed E-state index contributed by atoms with van der Waals surface area (Å²) >= 11 is 1.55. The van der Waals surface area contributed by atoms with Gasteiger partial charge >= 0.3 is 0 Å². The molecule has 1 saturated carbocycles. The van der Waals surface area contributed by atoms with E-state index in [9.17, 15) is 4.39 Å². The Kier molecular flexibility index (Phi) is 7.69. The molecule has 0 amide bonds. The molecular weight excluding hydrogens is 442 g/mol. The van der Waals surface area contributed by atoms with Crippen LogP contribution in [0.1, 0.15) is 18.5 Å². The van der Waals surface area contributed by atoms with Crippen molar-refractivity contribution >= 4 is 47.1 Å². The van der Waals surface area contributed by atoms with Gasteiger partial charge in [-0.1, -0.05) is 29.5 Å². The molecule has 3 heterocycles. The molecule has 1 saturated heterocycles. The van der Waals surface area contributed by atoms with Gasteiger partial charge < -0.3 is 10.6 Å². The highest BCUT2D eigenvalue weighted by atomic mass is 35.5. The molecule has 4 nitrogen and oxygen atoms in total. The Hall–Kier alpha value is -1.73. The Morgan fingerprint density at radius 2 is 1.90 bits per heavy atom. The zero-order valence-electron chi connectivity index (χ0n) is 16.4. The molecule has 3 aromatic rings. The van der Waals surface area contributed by atoms with Gasteiger partial charge in [0.1, 0.15) is 11.6 Å². The number of benzene rings is 1. The lowest BCUT2D eigenvalue weighted by molar-refractivity contribution is 0.372. The van der Waals surface area contributed by atoms with Crippen molar-refractivity contribution in [2.75, 3.05) is 18.4 Å². The average Bonchev–Trinajstić information content (AvgIpc) is 3.42. The summed E-state index contributed by atoms with van der Waals surface area (Å²) in [6.07, 6.45) is 5.54. The van der Waals surface area contributed by atoms with E-state index in [0.717, 1.165) is 51.3 Å². The van der Waals surface area contributed by atoms with E-state index >= 15 is 0 Å². The topological polar surface area (TPSA) is 49.8 Å². The number of nitrogens with one attached hydrogen (secondary N) is 2. The highest BCUT2D eigenvalue weighted by Crippen LogP contribution is 2.40. The number of halogens is 3. The zero-order chi connectivity index (χ0) is 18.9. The number of thiazole rings is 1. The number of rotatable bonds is 5. The van der Waals surface area contributed by atoms with Crippen molar-refractivity contribution in [2.45, 2.75) is 19.3 Å². The summed E-state index contributed by atoms with van der Waals surface area (Å²) in [5.41, 5.74) is 2.12. The first-order valence-corrected chi connectivity index (χ1v) is 10.7. The standard InChI is InChI=1S/C22H23FN4S.2ClH/c23-17-8-6-14(7-9-17)20-13-25-22(28-20)27-21-3-1-2-18(26-21)10-15-4-5-16-11-24-12-19(15)16;;/h1-3,6-9,13,15-16,19,24H,4-5,10-12H2,(H,25,26,27);2*1H. The van der Waals surface area contributed by atoms with E-state index in [2.05, 4.69) is 27.8 Å². The fourth-order valence-electron chi connectivity index (χ4n) is 4.64. The normalized spacial score (nSPS) is 22.1. The molecule has 1 aliphatic heterocycles. The Bertz CT molecular complexity index is 966. The monoisotopic (exact) mass is 466 g/mol. The second-order valence-corrected chi connectivity index (χ2v) is 8.83. The third-order valence-electron chi connectivity index (χ3n) is 6.05. The fourth-order valence-corrected chi connectivity index (χ4v) is 5.47. The van der Waals surface area contributed by atoms with Crippen LogP contribution in [-0.4, -0.2) is 23.1 Å². The van der Waals surface area contributed by atoms with E-state index < -0.39 is 0 Å². The van der Waals surface area contributed by atoms with E-state index in [4.69, 9.17) is 4.98 Å². The molecule has 0 spiro atoms. The van der Waals surface area contributed by atoms with Gasteiger partial charge in [-0.25, -0.2) is 14.4 Å². The quantitative estimate of drug-likeness (QED) is 0.504. The summed E-state index contributed by atoms with van der Waals surface area (Å²) in [6.45, 7) is 2.36. The van der Waals surface area contributed by atoms with Gasteiger partial charge in [0.15, 0.2) is 5.13 Å². The highest BCUT2D eigenvalue weighted by molar-refractivity contribution is 7.18. The molecule has 0 bridgehead atoms. The highest BCUT2D eigenvalue weighted by Gasteiger charge is 2.38. The van der Waals surface area contributed by atoms with E-state index in [-0.39, 0.29) is 30.6 Å². The van der Waals surface area contributed by atoms with Crippen LogP contribution in [0.25, 0.3) is 10.4 Å². The molecule has 2 aliphatic rings. The van der Waals surface area contributed by atoms with Gasteiger partial charge in [-0.15, -0.1) is 24.8 Å². The van der Waals surface area contributed by atoms with Crippen molar-refractivity contribution < 1.29 is 4.39 Å². The number of hydrogen-bond acceptors (Lipinski definition) is 5. The molecule has 30 heavy (non-hydrogen) atoms. The first-order valence-electron chi connectivity index (χ1n) is 9.90. The number of nitrogens with zero attached hydrogens (tertiary/aromatic N) is 2. The zero-order valence-corrected chi connectivity index (χ0v) is 18.8. The minimum Gasteiger partial charge on any atom is -0.316 e. The van der Waals surface area contributed by atoms with Crippen LogP contribution in [0, 0.1) is 23.6 Å². The lowest BCUT2D eigenvalue weighted by Gasteiger charge is -2.17. The Balaban J connectivity index is 0.00000128. The maximum atomic E-state index is 13.1. The lowest BCUT2D eigenvalue weighted by atomic mass is 9.89. The van der Waals surface area contributed by atoms with Crippen LogP contribution in [0.15, 0.2) is 48.7 Å². The third-order valence-corrected chi connectivity index (χ3v) is 7.02. The van der Waals surface area contributed by atoms with Crippen molar-refractivity contribution in [1.29, 1.82) is 0 Å². The van der Waals surface area contributed by atoms with Gasteiger partial charge in [-0.05, 0) is 79.9 Å². The number of hydrogen-bond donors (Lipinski definition) is 2. The molecule has 5 rings (SSSR count). The van der Waals surface area contributed by atoms with Crippen molar-refractivity contribution in [3.63, 3.8) is 0 Å². The van der Waals surface area contributed by atoms with E-state index in [1.165, 1.54) is 38.1 Å². The molecule has 3 atom stereocenters. The summed E-state index contributed by atoms with van der Waals surface area (Å²) in [5.74, 6) is 3.03. The van der Waals surface area contributed by atoms with E-state index in [1.807, 2.05) is 12.3 Å². The van der Waals surface area contributed by atoms with Crippen LogP contribution in [0.2, 0.25) is 0 Å². The van der Waals surface area contributed by atoms with Gasteiger partial charge in [-0.3, -0.25) is 0 Å². The molecule has 1 aliphatic carbocycles. The Morgan fingerprint density at radius 3 is 2.73 bits per heavy atom. The molecule has 8 heteroatoms. The molecule has 2 N–H and O–H groups in total. The Labute approximate surface area is 192 Å². The maximum Gasteiger partial charge on any atom is 0.188 e. The largest absolute Gasteiger partial charge is 0.316 e. The smallest absolute Gasteiger partial charge is 0.188 e. The fraction of sp³-hybridized carbons (Fsp3) is 0.364. The minimum absolute atomic E-state index is 0. The summed E-state index contributed by atoms with van der Waals surface area (Å²) in [5, 5.41) is 7.67. The second-order valence-electron chi connectivity index (χ2n) is 7.80. The van der Waals surface area contributed by atoms with Crippen LogP contribution < -0.4 is 10.6 Å². The molecule has 2 fully saturated rings. The number of aromatic nitrogens is 2. The van der Waals surface area contributed by atoms with Crippen LogP contribution in [0.3, 0.4) is 0 Å². The molecule has 3 unspecified atom stereocenters. The van der Waals surface area contributed by atoms with Crippen LogP contribution >= 0.6 is 36.2 Å². The van der Waals surface area contributed by atoms with E-state index in [1.54, 1.807) is 23.5 Å². The third kappa shape index (κ3) is 4.94. The predicted molar refractivity (Wildman–Crippen MR) is 126 cm³/mol. The van der Waals surface area contributed by atoms with Crippen molar-refractivity contribution in [1.82, 2.24) is 15.3 Å². The van der Waals surface area contributed by atoms with Crippen LogP contribution in [0.4, 0.5) is 15.3 Å². The summed E-state index contributed by atoms with van der Waals surface area (Å²) in [4.78, 5) is 10.3. The van der Waals surface area contributed by atoms with Crippen molar-refractivity contribution in [2.24, 2.45) is 17.8 Å². The second kappa shape index (κ2) is 10.1. The van der Waals surface area contributed by atoms with Crippen LogP contribution in [0.5, 0.6) is 0 Å². The summed E-state index contributed by atoms with van der Waals surface area (Å²) < 4.78 is 13.1. The van der Waals surface area contributed by atoms with Crippen molar-refractivity contribution in [3.05, 3.63) is 60.2 Å². The maximum absolute atomic E-state index is 13.1. The van der Waals surface area contributed by atoms with Gasteiger partial charge in [0, 0.05) is 11.9 Å². The SMILES string of the molecule is Cl.Cl.Fc1ccc(-c2cnc(Nc3cccc(CC4CCC5CNCC54)n3)s2)cc1. The number of anilines is 2. The number of fused-ring (bicyclic) bond motifs is 1. The van der Waals surface area contributed by atoms with Gasteiger partial charge in [0.2, 0.25) is 0 Å². The lowest BCUT2D eigenvalue weighted by Crippen LogP contribution is -2.18. The van der Waals surface area contributed by atoms with Crippen LogP contribution in [-0.2, 0) is 6.42 Å². The molecule has 2 aromatic heterocycles. The average molecular weight is 467 g/mol. The minimum atomic E-state index is -0.227. The van der Waals surface area contributed by atoms with E-state index in [0.29, 0.717) is 0 Å². The molecule has 1 aromatic carbocycles. The van der Waals surface area contributed by atoms with Gasteiger partial charge in [-0.2, -0.15) is 0 Å². The molecular formula is C22H25Cl2FN4S. The predicted octanol–water partition coefficient (Wildman–Crippen LogP) is 5.72. The first-order chi connectivity index (χ1) is 13.7.